The van der Waals surface area contributed by atoms with Crippen LogP contribution in [0.15, 0.2) is 15.9 Å². The van der Waals surface area contributed by atoms with E-state index in [4.69, 9.17) is 5.11 Å². The molecule has 1 nitrogen and oxygen atoms in total. The molecule has 0 saturated carbocycles. The standard InChI is InChI=1S/C7H4BrF5OS/c8-4-2-1-3(15-4)5(14)6(9,10)7(11,12)13/h1-2,5,14H. The third-order valence-electron chi connectivity index (χ3n) is 1.58. The molecule has 0 aliphatic carbocycles. The summed E-state index contributed by atoms with van der Waals surface area (Å²) in [5.74, 6) is -5.14. The summed E-state index contributed by atoms with van der Waals surface area (Å²) < 4.78 is 61.2. The smallest absolute Gasteiger partial charge is 0.381 e. The van der Waals surface area contributed by atoms with Crippen molar-refractivity contribution in [2.75, 3.05) is 0 Å². The van der Waals surface area contributed by atoms with Crippen LogP contribution in [0.1, 0.15) is 11.0 Å². The van der Waals surface area contributed by atoms with Crippen LogP contribution in [0.5, 0.6) is 0 Å². The second-order valence-corrected chi connectivity index (χ2v) is 5.16. The van der Waals surface area contributed by atoms with Gasteiger partial charge in [0.1, 0.15) is 0 Å². The summed E-state index contributed by atoms with van der Waals surface area (Å²) in [4.78, 5) is -0.441. The van der Waals surface area contributed by atoms with Gasteiger partial charge in [-0.05, 0) is 28.1 Å². The van der Waals surface area contributed by atoms with Gasteiger partial charge in [0.15, 0.2) is 6.10 Å². The van der Waals surface area contributed by atoms with Gasteiger partial charge in [-0.3, -0.25) is 0 Å². The summed E-state index contributed by atoms with van der Waals surface area (Å²) in [7, 11) is 0. The van der Waals surface area contributed by atoms with E-state index in [0.717, 1.165) is 6.07 Å². The minimum absolute atomic E-state index is 0.370. The molecular weight excluding hydrogens is 307 g/mol. The van der Waals surface area contributed by atoms with Gasteiger partial charge in [-0.15, -0.1) is 11.3 Å². The second kappa shape index (κ2) is 3.99. The van der Waals surface area contributed by atoms with Crippen molar-refractivity contribution in [3.05, 3.63) is 20.8 Å². The molecule has 0 spiro atoms. The maximum atomic E-state index is 12.6. The number of aliphatic hydroxyl groups excluding tert-OH is 1. The lowest BCUT2D eigenvalue weighted by Crippen LogP contribution is -2.41. The van der Waals surface area contributed by atoms with Crippen molar-refractivity contribution in [2.45, 2.75) is 18.2 Å². The molecule has 0 aliphatic heterocycles. The fraction of sp³-hybridized carbons (Fsp3) is 0.429. The number of hydrogen-bond donors (Lipinski definition) is 1. The van der Waals surface area contributed by atoms with Gasteiger partial charge in [0.25, 0.3) is 0 Å². The summed E-state index contributed by atoms with van der Waals surface area (Å²) in [6.07, 6.45) is -8.63. The predicted molar refractivity (Wildman–Crippen MR) is 48.0 cm³/mol. The molecule has 0 amide bonds. The van der Waals surface area contributed by atoms with Gasteiger partial charge >= 0.3 is 12.1 Å². The molecule has 1 rings (SSSR count). The van der Waals surface area contributed by atoms with Crippen LogP contribution in [-0.4, -0.2) is 17.2 Å². The van der Waals surface area contributed by atoms with Gasteiger partial charge in [0.2, 0.25) is 0 Å². The van der Waals surface area contributed by atoms with E-state index in [0.29, 0.717) is 15.1 Å². The summed E-state index contributed by atoms with van der Waals surface area (Å²) in [6, 6.07) is 2.30. The Kier molecular flexibility index (Phi) is 3.42. The van der Waals surface area contributed by atoms with Crippen LogP contribution in [0.2, 0.25) is 0 Å². The van der Waals surface area contributed by atoms with Gasteiger partial charge in [-0.2, -0.15) is 22.0 Å². The topological polar surface area (TPSA) is 20.2 Å². The van der Waals surface area contributed by atoms with E-state index in [1.54, 1.807) is 0 Å². The van der Waals surface area contributed by atoms with E-state index < -0.39 is 23.1 Å². The monoisotopic (exact) mass is 310 g/mol. The Labute approximate surface area is 93.7 Å². The molecule has 0 radical (unpaired) electrons. The molecule has 0 saturated heterocycles. The lowest BCUT2D eigenvalue weighted by molar-refractivity contribution is -0.314. The van der Waals surface area contributed by atoms with Gasteiger partial charge in [0, 0.05) is 4.88 Å². The number of aliphatic hydroxyl groups is 1. The van der Waals surface area contributed by atoms with E-state index in [2.05, 4.69) is 15.9 Å². The number of thiophene rings is 1. The average Bonchev–Trinajstić information content (AvgIpc) is 2.48. The molecule has 86 valence electrons. The van der Waals surface area contributed by atoms with Crippen molar-refractivity contribution in [3.8, 4) is 0 Å². The summed E-state index contributed by atoms with van der Waals surface area (Å²) in [5.41, 5.74) is 0. The molecule has 0 aliphatic rings. The molecule has 1 heterocycles. The Morgan fingerprint density at radius 1 is 1.20 bits per heavy atom. The quantitative estimate of drug-likeness (QED) is 0.825. The second-order valence-electron chi connectivity index (χ2n) is 2.67. The van der Waals surface area contributed by atoms with E-state index in [1.165, 1.54) is 6.07 Å². The number of hydrogen-bond acceptors (Lipinski definition) is 2. The van der Waals surface area contributed by atoms with Crippen molar-refractivity contribution >= 4 is 27.3 Å². The van der Waals surface area contributed by atoms with Gasteiger partial charge < -0.3 is 5.11 Å². The minimum atomic E-state index is -5.76. The van der Waals surface area contributed by atoms with Crippen molar-refractivity contribution in [3.63, 3.8) is 0 Å². The SMILES string of the molecule is OC(c1ccc(Br)s1)C(F)(F)C(F)(F)F. The van der Waals surface area contributed by atoms with E-state index in [9.17, 15) is 22.0 Å². The highest BCUT2D eigenvalue weighted by molar-refractivity contribution is 9.11. The third-order valence-corrected chi connectivity index (χ3v) is 3.26. The summed E-state index contributed by atoms with van der Waals surface area (Å²) in [6.45, 7) is 0. The van der Waals surface area contributed by atoms with E-state index in [-0.39, 0.29) is 0 Å². The maximum Gasteiger partial charge on any atom is 0.456 e. The Bertz CT molecular complexity index is 347. The van der Waals surface area contributed by atoms with Crippen LogP contribution in [0.3, 0.4) is 0 Å². The molecule has 0 fully saturated rings. The first kappa shape index (κ1) is 12.9. The predicted octanol–water partition coefficient (Wildman–Crippen LogP) is 3.74. The van der Waals surface area contributed by atoms with Crippen LogP contribution in [0, 0.1) is 0 Å². The fourth-order valence-corrected chi connectivity index (χ4v) is 2.26. The molecule has 0 bridgehead atoms. The number of halogens is 6. The van der Waals surface area contributed by atoms with E-state index >= 15 is 0 Å². The molecular formula is C7H4BrF5OS. The Morgan fingerprint density at radius 3 is 2.07 bits per heavy atom. The largest absolute Gasteiger partial charge is 0.456 e. The Balaban J connectivity index is 2.99. The van der Waals surface area contributed by atoms with Crippen molar-refractivity contribution in [2.24, 2.45) is 0 Å². The zero-order chi connectivity index (χ0) is 11.9. The normalized spacial score (nSPS) is 15.4. The highest BCUT2D eigenvalue weighted by Crippen LogP contribution is 2.46. The summed E-state index contributed by atoms with van der Waals surface area (Å²) in [5, 5.41) is 8.92. The van der Waals surface area contributed by atoms with Crippen LogP contribution in [0.4, 0.5) is 22.0 Å². The van der Waals surface area contributed by atoms with Crippen LogP contribution >= 0.6 is 27.3 Å². The molecule has 15 heavy (non-hydrogen) atoms. The zero-order valence-electron chi connectivity index (χ0n) is 6.86. The van der Waals surface area contributed by atoms with Crippen LogP contribution in [-0.2, 0) is 0 Å². The molecule has 1 N–H and O–H groups in total. The number of alkyl halides is 5. The van der Waals surface area contributed by atoms with Crippen LogP contribution < -0.4 is 0 Å². The lowest BCUT2D eigenvalue weighted by atomic mass is 10.1. The fourth-order valence-electron chi connectivity index (χ4n) is 0.809. The molecule has 1 atom stereocenters. The molecule has 1 aromatic heterocycles. The van der Waals surface area contributed by atoms with Crippen molar-refractivity contribution < 1.29 is 27.1 Å². The number of rotatable bonds is 2. The maximum absolute atomic E-state index is 12.6. The first-order valence-electron chi connectivity index (χ1n) is 3.54. The first-order chi connectivity index (χ1) is 6.66. The Morgan fingerprint density at radius 2 is 1.73 bits per heavy atom. The van der Waals surface area contributed by atoms with E-state index in [1.807, 2.05) is 0 Å². The highest BCUT2D eigenvalue weighted by atomic mass is 79.9. The van der Waals surface area contributed by atoms with Crippen molar-refractivity contribution in [1.29, 1.82) is 0 Å². The zero-order valence-corrected chi connectivity index (χ0v) is 9.26. The third kappa shape index (κ3) is 2.48. The molecule has 1 aromatic rings. The van der Waals surface area contributed by atoms with Gasteiger partial charge in [-0.25, -0.2) is 0 Å². The Hall–Kier alpha value is -0.210. The molecule has 8 heteroatoms. The molecule has 0 aromatic carbocycles. The lowest BCUT2D eigenvalue weighted by Gasteiger charge is -2.23. The summed E-state index contributed by atoms with van der Waals surface area (Å²) >= 11 is 3.52. The first-order valence-corrected chi connectivity index (χ1v) is 5.15. The minimum Gasteiger partial charge on any atom is -0.381 e. The average molecular weight is 311 g/mol. The highest BCUT2D eigenvalue weighted by Gasteiger charge is 2.62. The van der Waals surface area contributed by atoms with Gasteiger partial charge in [-0.1, -0.05) is 0 Å². The van der Waals surface area contributed by atoms with Gasteiger partial charge in [0.05, 0.1) is 3.79 Å². The van der Waals surface area contributed by atoms with Crippen LogP contribution in [0.25, 0.3) is 0 Å². The molecule has 1 unspecified atom stereocenters. The van der Waals surface area contributed by atoms with Crippen molar-refractivity contribution in [1.82, 2.24) is 0 Å².